The van der Waals surface area contributed by atoms with Crippen LogP contribution in [0.15, 0.2) is 39.6 Å². The van der Waals surface area contributed by atoms with Crippen molar-refractivity contribution >= 4 is 10.0 Å². The van der Waals surface area contributed by atoms with E-state index in [1.807, 2.05) is 13.0 Å². The minimum atomic E-state index is -3.59. The molecule has 0 amide bonds. The zero-order chi connectivity index (χ0) is 15.0. The lowest BCUT2D eigenvalue weighted by Gasteiger charge is -2.12. The summed E-state index contributed by atoms with van der Waals surface area (Å²) in [6.07, 6.45) is 0.742. The van der Waals surface area contributed by atoms with Gasteiger partial charge in [-0.05, 0) is 49.7 Å². The van der Waals surface area contributed by atoms with Crippen LogP contribution in [-0.2, 0) is 16.4 Å². The summed E-state index contributed by atoms with van der Waals surface area (Å²) < 4.78 is 38.3. The third-order valence-electron chi connectivity index (χ3n) is 3.49. The predicted octanol–water partition coefficient (Wildman–Crippen LogP) is 2.56. The van der Waals surface area contributed by atoms with Crippen LogP contribution in [0, 0.1) is 6.92 Å². The van der Waals surface area contributed by atoms with Gasteiger partial charge >= 0.3 is 0 Å². The monoisotopic (exact) mass is 307 g/mol. The standard InChI is InChI=1S/C15H17NO4S/c1-10-3-5-14(20-10)11(2)16-21(17,18)13-4-6-15-12(9-13)7-8-19-15/h3-6,9,11,16H,7-8H2,1-2H3/t11-/m0/s1. The number of hydrogen-bond donors (Lipinski definition) is 1. The Morgan fingerprint density at radius 2 is 2.05 bits per heavy atom. The third kappa shape index (κ3) is 2.82. The van der Waals surface area contributed by atoms with Crippen molar-refractivity contribution in [2.45, 2.75) is 31.2 Å². The summed E-state index contributed by atoms with van der Waals surface area (Å²) in [7, 11) is -3.59. The summed E-state index contributed by atoms with van der Waals surface area (Å²) >= 11 is 0. The number of fused-ring (bicyclic) bond motifs is 1. The molecule has 0 aliphatic carbocycles. The molecule has 1 aliphatic heterocycles. The Labute approximate surface area is 124 Å². The van der Waals surface area contributed by atoms with E-state index in [2.05, 4.69) is 4.72 Å². The van der Waals surface area contributed by atoms with Crippen LogP contribution in [0.5, 0.6) is 5.75 Å². The fourth-order valence-corrected chi connectivity index (χ4v) is 3.64. The number of ether oxygens (including phenoxy) is 1. The highest BCUT2D eigenvalue weighted by Gasteiger charge is 2.22. The normalized spacial score (nSPS) is 15.5. The summed E-state index contributed by atoms with van der Waals surface area (Å²) in [5, 5.41) is 0. The zero-order valence-electron chi connectivity index (χ0n) is 11.9. The Balaban J connectivity index is 1.83. The van der Waals surface area contributed by atoms with Gasteiger partial charge in [0.05, 0.1) is 17.5 Å². The van der Waals surface area contributed by atoms with Crippen molar-refractivity contribution in [3.63, 3.8) is 0 Å². The Morgan fingerprint density at radius 1 is 1.24 bits per heavy atom. The molecule has 0 bridgehead atoms. The molecule has 1 atom stereocenters. The molecule has 5 nitrogen and oxygen atoms in total. The maximum Gasteiger partial charge on any atom is 0.241 e. The minimum absolute atomic E-state index is 0.252. The van der Waals surface area contributed by atoms with Crippen molar-refractivity contribution in [3.8, 4) is 5.75 Å². The number of rotatable bonds is 4. The topological polar surface area (TPSA) is 68.5 Å². The van der Waals surface area contributed by atoms with E-state index in [0.29, 0.717) is 12.4 Å². The zero-order valence-corrected chi connectivity index (χ0v) is 12.7. The highest BCUT2D eigenvalue weighted by atomic mass is 32.2. The van der Waals surface area contributed by atoms with Gasteiger partial charge in [-0.3, -0.25) is 0 Å². The highest BCUT2D eigenvalue weighted by molar-refractivity contribution is 7.89. The molecule has 0 radical (unpaired) electrons. The number of aryl methyl sites for hydroxylation is 1. The van der Waals surface area contributed by atoms with Crippen LogP contribution in [0.4, 0.5) is 0 Å². The third-order valence-corrected chi connectivity index (χ3v) is 5.03. The van der Waals surface area contributed by atoms with Gasteiger partial charge in [0.25, 0.3) is 0 Å². The van der Waals surface area contributed by atoms with Gasteiger partial charge in [-0.15, -0.1) is 0 Å². The van der Waals surface area contributed by atoms with Crippen LogP contribution in [0.1, 0.15) is 30.0 Å². The summed E-state index contributed by atoms with van der Waals surface area (Å²) in [6.45, 7) is 4.19. The highest BCUT2D eigenvalue weighted by Crippen LogP contribution is 2.28. The van der Waals surface area contributed by atoms with Gasteiger partial charge in [0.1, 0.15) is 17.3 Å². The van der Waals surface area contributed by atoms with Gasteiger partial charge in [0, 0.05) is 6.42 Å². The molecule has 0 unspecified atom stereocenters. The van der Waals surface area contributed by atoms with E-state index < -0.39 is 16.1 Å². The van der Waals surface area contributed by atoms with Crippen LogP contribution in [0.3, 0.4) is 0 Å². The predicted molar refractivity (Wildman–Crippen MR) is 77.8 cm³/mol. The van der Waals surface area contributed by atoms with Crippen LogP contribution in [0.2, 0.25) is 0 Å². The van der Waals surface area contributed by atoms with E-state index in [9.17, 15) is 8.42 Å². The van der Waals surface area contributed by atoms with E-state index in [1.165, 1.54) is 0 Å². The second kappa shape index (κ2) is 5.20. The van der Waals surface area contributed by atoms with Crippen molar-refractivity contribution < 1.29 is 17.6 Å². The van der Waals surface area contributed by atoms with E-state index in [0.717, 1.165) is 23.5 Å². The number of hydrogen-bond acceptors (Lipinski definition) is 4. The molecule has 0 saturated carbocycles. The smallest absolute Gasteiger partial charge is 0.241 e. The maximum absolute atomic E-state index is 12.4. The number of sulfonamides is 1. The first kappa shape index (κ1) is 14.2. The van der Waals surface area contributed by atoms with Crippen LogP contribution < -0.4 is 9.46 Å². The first-order valence-corrected chi connectivity index (χ1v) is 8.28. The minimum Gasteiger partial charge on any atom is -0.493 e. The van der Waals surface area contributed by atoms with Crippen molar-refractivity contribution in [3.05, 3.63) is 47.4 Å². The molecule has 0 saturated heterocycles. The van der Waals surface area contributed by atoms with Gasteiger partial charge in [-0.25, -0.2) is 13.1 Å². The fraction of sp³-hybridized carbons (Fsp3) is 0.333. The molecule has 1 N–H and O–H groups in total. The molecular formula is C15H17NO4S. The summed E-state index contributed by atoms with van der Waals surface area (Å²) in [6, 6.07) is 8.11. The SMILES string of the molecule is Cc1ccc([C@H](C)NS(=O)(=O)c2ccc3c(c2)CCO3)o1. The van der Waals surface area contributed by atoms with E-state index in [4.69, 9.17) is 9.15 Å². The first-order valence-electron chi connectivity index (χ1n) is 6.80. The Morgan fingerprint density at radius 3 is 2.76 bits per heavy atom. The molecule has 2 heterocycles. The van der Waals surface area contributed by atoms with Gasteiger partial charge < -0.3 is 9.15 Å². The lowest BCUT2D eigenvalue weighted by atomic mass is 10.2. The van der Waals surface area contributed by atoms with Crippen LogP contribution in [-0.4, -0.2) is 15.0 Å². The van der Waals surface area contributed by atoms with Gasteiger partial charge in [0.2, 0.25) is 10.0 Å². The average molecular weight is 307 g/mol. The lowest BCUT2D eigenvalue weighted by molar-refractivity contribution is 0.356. The molecule has 0 spiro atoms. The second-order valence-electron chi connectivity index (χ2n) is 5.16. The largest absolute Gasteiger partial charge is 0.493 e. The number of benzene rings is 1. The maximum atomic E-state index is 12.4. The molecule has 21 heavy (non-hydrogen) atoms. The van der Waals surface area contributed by atoms with Gasteiger partial charge in [-0.1, -0.05) is 0 Å². The Kier molecular flexibility index (Phi) is 3.51. The van der Waals surface area contributed by atoms with Gasteiger partial charge in [-0.2, -0.15) is 0 Å². The molecule has 1 aliphatic rings. The second-order valence-corrected chi connectivity index (χ2v) is 6.87. The molecule has 1 aromatic carbocycles. The van der Waals surface area contributed by atoms with E-state index in [1.54, 1.807) is 31.2 Å². The van der Waals surface area contributed by atoms with Crippen molar-refractivity contribution in [1.29, 1.82) is 0 Å². The van der Waals surface area contributed by atoms with Crippen LogP contribution >= 0.6 is 0 Å². The molecule has 3 rings (SSSR count). The Hall–Kier alpha value is -1.79. The van der Waals surface area contributed by atoms with Crippen molar-refractivity contribution in [2.75, 3.05) is 6.61 Å². The molecule has 2 aromatic rings. The lowest BCUT2D eigenvalue weighted by Crippen LogP contribution is -2.26. The van der Waals surface area contributed by atoms with Crippen molar-refractivity contribution in [2.24, 2.45) is 0 Å². The fourth-order valence-electron chi connectivity index (χ4n) is 2.38. The Bertz CT molecular complexity index is 764. The first-order chi connectivity index (χ1) is 9.95. The van der Waals surface area contributed by atoms with Crippen LogP contribution in [0.25, 0.3) is 0 Å². The summed E-state index contributed by atoms with van der Waals surface area (Å²) in [4.78, 5) is 0.252. The molecule has 112 valence electrons. The number of nitrogens with one attached hydrogen (secondary N) is 1. The molecule has 0 fully saturated rings. The number of furan rings is 1. The molecular weight excluding hydrogens is 290 g/mol. The van der Waals surface area contributed by atoms with Gasteiger partial charge in [0.15, 0.2) is 0 Å². The molecule has 6 heteroatoms. The summed E-state index contributed by atoms with van der Waals surface area (Å²) in [5.74, 6) is 2.12. The van der Waals surface area contributed by atoms with Crippen molar-refractivity contribution in [1.82, 2.24) is 4.72 Å². The summed E-state index contributed by atoms with van der Waals surface area (Å²) in [5.41, 5.74) is 0.930. The van der Waals surface area contributed by atoms with E-state index >= 15 is 0 Å². The quantitative estimate of drug-likeness (QED) is 0.942. The average Bonchev–Trinajstić information content (AvgIpc) is 3.05. The van der Waals surface area contributed by atoms with E-state index in [-0.39, 0.29) is 4.90 Å². The molecule has 1 aromatic heterocycles.